The van der Waals surface area contributed by atoms with Gasteiger partial charge in [0.15, 0.2) is 11.5 Å². The molecule has 3 aromatic rings. The van der Waals surface area contributed by atoms with Gasteiger partial charge < -0.3 is 18.9 Å². The number of fused-ring (bicyclic) bond motifs is 3. The maximum absolute atomic E-state index is 6.35. The topological polar surface area (TPSA) is 36.9 Å². The Morgan fingerprint density at radius 1 is 0.846 bits per heavy atom. The molecule has 0 unspecified atom stereocenters. The molecular weight excluding hydrogens is 328 g/mol. The van der Waals surface area contributed by atoms with Gasteiger partial charge >= 0.3 is 0 Å². The van der Waals surface area contributed by atoms with Gasteiger partial charge in [-0.2, -0.15) is 0 Å². The molecular formula is C22H18O4. The van der Waals surface area contributed by atoms with Crippen LogP contribution in [-0.2, 0) is 6.42 Å². The molecule has 0 saturated heterocycles. The number of ether oxygens (including phenoxy) is 4. The van der Waals surface area contributed by atoms with E-state index in [0.29, 0.717) is 17.9 Å². The highest BCUT2D eigenvalue weighted by Gasteiger charge is 2.45. The number of hydrogen-bond donors (Lipinski definition) is 0. The van der Waals surface area contributed by atoms with E-state index in [0.717, 1.165) is 33.4 Å². The fourth-order valence-electron chi connectivity index (χ4n) is 3.86. The molecule has 2 aliphatic heterocycles. The van der Waals surface area contributed by atoms with Crippen LogP contribution in [0.25, 0.3) is 16.8 Å². The lowest BCUT2D eigenvalue weighted by molar-refractivity contribution is -0.0552. The number of benzene rings is 3. The van der Waals surface area contributed by atoms with Gasteiger partial charge in [0.05, 0.1) is 20.6 Å². The number of methoxy groups -OCH3 is 2. The molecule has 0 fully saturated rings. The quantitative estimate of drug-likeness (QED) is 0.680. The van der Waals surface area contributed by atoms with Gasteiger partial charge in [-0.3, -0.25) is 0 Å². The Morgan fingerprint density at radius 3 is 2.31 bits per heavy atom. The van der Waals surface area contributed by atoms with E-state index in [2.05, 4.69) is 0 Å². The Kier molecular flexibility index (Phi) is 3.16. The smallest absolute Gasteiger partial charge is 0.275 e. The first-order chi connectivity index (χ1) is 12.7. The molecule has 4 heteroatoms. The molecule has 2 heterocycles. The van der Waals surface area contributed by atoms with Crippen molar-refractivity contribution in [3.05, 3.63) is 65.7 Å². The third-order valence-electron chi connectivity index (χ3n) is 5.00. The summed E-state index contributed by atoms with van der Waals surface area (Å²) >= 11 is 0. The highest BCUT2D eigenvalue weighted by Crippen LogP contribution is 2.53. The van der Waals surface area contributed by atoms with E-state index in [1.54, 1.807) is 14.2 Å². The highest BCUT2D eigenvalue weighted by atomic mass is 16.7. The van der Waals surface area contributed by atoms with E-state index < -0.39 is 5.79 Å². The Hall–Kier alpha value is -3.14. The largest absolute Gasteiger partial charge is 0.496 e. The molecule has 0 radical (unpaired) electrons. The van der Waals surface area contributed by atoms with E-state index in [1.165, 1.54) is 0 Å². The lowest BCUT2D eigenvalue weighted by Crippen LogP contribution is -2.40. The number of rotatable bonds is 2. The second-order valence-electron chi connectivity index (χ2n) is 6.48. The standard InChI is InChI=1S/C22H18O4/c1-23-19-15-8-4-5-9-16(15)20(24-2)21-17(19)13-22(26-21)12-11-14-7-3-6-10-18(14)25-22/h3-12H,13H2,1-2H3/t22-/m1/s1. The van der Waals surface area contributed by atoms with E-state index in [1.807, 2.05) is 60.7 Å². The summed E-state index contributed by atoms with van der Waals surface area (Å²) in [5.41, 5.74) is 2.01. The number of hydrogen-bond acceptors (Lipinski definition) is 4. The molecule has 0 aromatic heterocycles. The summed E-state index contributed by atoms with van der Waals surface area (Å²) in [5.74, 6) is 2.14. The van der Waals surface area contributed by atoms with Crippen molar-refractivity contribution in [1.82, 2.24) is 0 Å². The summed E-state index contributed by atoms with van der Waals surface area (Å²) in [6, 6.07) is 16.0. The van der Waals surface area contributed by atoms with Gasteiger partial charge in [0.1, 0.15) is 11.5 Å². The van der Waals surface area contributed by atoms with Crippen LogP contribution in [-0.4, -0.2) is 20.0 Å². The van der Waals surface area contributed by atoms with Gasteiger partial charge in [0, 0.05) is 28.0 Å². The van der Waals surface area contributed by atoms with Crippen LogP contribution >= 0.6 is 0 Å². The maximum Gasteiger partial charge on any atom is 0.275 e. The van der Waals surface area contributed by atoms with Crippen LogP contribution in [0.4, 0.5) is 0 Å². The van der Waals surface area contributed by atoms with Crippen LogP contribution in [0.15, 0.2) is 54.6 Å². The molecule has 0 bridgehead atoms. The SMILES string of the molecule is COc1c2c(c(OC)c3ccccc13)O[C@]1(C=Cc3ccccc3O1)C2. The summed E-state index contributed by atoms with van der Waals surface area (Å²) in [7, 11) is 3.35. The van der Waals surface area contributed by atoms with Gasteiger partial charge in [0.25, 0.3) is 5.79 Å². The van der Waals surface area contributed by atoms with Gasteiger partial charge in [-0.05, 0) is 12.1 Å². The minimum absolute atomic E-state index is 0.553. The zero-order valence-electron chi connectivity index (χ0n) is 14.6. The molecule has 5 rings (SSSR count). The fraction of sp³-hybridized carbons (Fsp3) is 0.182. The second kappa shape index (κ2) is 5.43. The third-order valence-corrected chi connectivity index (χ3v) is 5.00. The van der Waals surface area contributed by atoms with Crippen molar-refractivity contribution in [3.63, 3.8) is 0 Å². The van der Waals surface area contributed by atoms with Crippen molar-refractivity contribution >= 4 is 16.8 Å². The Bertz CT molecular complexity index is 999. The second-order valence-corrected chi connectivity index (χ2v) is 6.48. The molecule has 0 N–H and O–H groups in total. The van der Waals surface area contributed by atoms with Gasteiger partial charge in [-0.15, -0.1) is 0 Å². The zero-order valence-corrected chi connectivity index (χ0v) is 14.6. The molecule has 0 saturated carbocycles. The van der Waals surface area contributed by atoms with Crippen molar-refractivity contribution in [1.29, 1.82) is 0 Å². The predicted molar refractivity (Wildman–Crippen MR) is 100 cm³/mol. The molecule has 3 aromatic carbocycles. The molecule has 0 amide bonds. The third kappa shape index (κ3) is 2.02. The van der Waals surface area contributed by atoms with Crippen LogP contribution in [0.2, 0.25) is 0 Å². The molecule has 1 atom stereocenters. The van der Waals surface area contributed by atoms with Gasteiger partial charge in [-0.1, -0.05) is 42.5 Å². The molecule has 130 valence electrons. The summed E-state index contributed by atoms with van der Waals surface area (Å²) < 4.78 is 24.1. The number of para-hydroxylation sites is 1. The van der Waals surface area contributed by atoms with E-state index in [-0.39, 0.29) is 0 Å². The molecule has 4 nitrogen and oxygen atoms in total. The van der Waals surface area contributed by atoms with Crippen LogP contribution in [0.5, 0.6) is 23.0 Å². The zero-order chi connectivity index (χ0) is 17.7. The van der Waals surface area contributed by atoms with Crippen LogP contribution < -0.4 is 18.9 Å². The summed E-state index contributed by atoms with van der Waals surface area (Å²) in [4.78, 5) is 0. The average molecular weight is 346 g/mol. The predicted octanol–water partition coefficient (Wildman–Crippen LogP) is 4.59. The Balaban J connectivity index is 1.69. The minimum Gasteiger partial charge on any atom is -0.496 e. The molecule has 0 aliphatic carbocycles. The van der Waals surface area contributed by atoms with Crippen molar-refractivity contribution in [2.24, 2.45) is 0 Å². The Labute approximate surface area is 151 Å². The van der Waals surface area contributed by atoms with Crippen molar-refractivity contribution in [2.75, 3.05) is 14.2 Å². The average Bonchev–Trinajstić information content (AvgIpc) is 3.03. The maximum atomic E-state index is 6.35. The molecule has 1 spiro atoms. The van der Waals surface area contributed by atoms with Crippen molar-refractivity contribution in [2.45, 2.75) is 12.2 Å². The van der Waals surface area contributed by atoms with Crippen molar-refractivity contribution in [3.8, 4) is 23.0 Å². The highest BCUT2D eigenvalue weighted by molar-refractivity contribution is 5.97. The first kappa shape index (κ1) is 15.1. The summed E-state index contributed by atoms with van der Waals surface area (Å²) in [5, 5.41) is 1.97. The van der Waals surface area contributed by atoms with Crippen molar-refractivity contribution < 1.29 is 18.9 Å². The lowest BCUT2D eigenvalue weighted by atomic mass is 9.98. The van der Waals surface area contributed by atoms with Crippen LogP contribution in [0.3, 0.4) is 0 Å². The monoisotopic (exact) mass is 346 g/mol. The van der Waals surface area contributed by atoms with Gasteiger partial charge in [-0.25, -0.2) is 0 Å². The summed E-state index contributed by atoms with van der Waals surface area (Å²) in [6.07, 6.45) is 4.57. The molecule has 26 heavy (non-hydrogen) atoms. The van der Waals surface area contributed by atoms with Crippen LogP contribution in [0, 0.1) is 0 Å². The first-order valence-corrected chi connectivity index (χ1v) is 8.56. The Morgan fingerprint density at radius 2 is 1.54 bits per heavy atom. The van der Waals surface area contributed by atoms with E-state index in [4.69, 9.17) is 18.9 Å². The minimum atomic E-state index is -0.880. The fourth-order valence-corrected chi connectivity index (χ4v) is 3.86. The van der Waals surface area contributed by atoms with Crippen LogP contribution in [0.1, 0.15) is 11.1 Å². The normalized spacial score (nSPS) is 19.6. The first-order valence-electron chi connectivity index (χ1n) is 8.56. The lowest BCUT2D eigenvalue weighted by Gasteiger charge is -2.30. The molecule has 2 aliphatic rings. The summed E-state index contributed by atoms with van der Waals surface area (Å²) in [6.45, 7) is 0. The van der Waals surface area contributed by atoms with Gasteiger partial charge in [0.2, 0.25) is 0 Å². The van der Waals surface area contributed by atoms with E-state index in [9.17, 15) is 0 Å². The van der Waals surface area contributed by atoms with E-state index >= 15 is 0 Å².